The van der Waals surface area contributed by atoms with Crippen LogP contribution in [0.15, 0.2) is 42.5 Å². The lowest BCUT2D eigenvalue weighted by atomic mass is 10.0. The fraction of sp³-hybridized carbons (Fsp3) is 0.429. The first kappa shape index (κ1) is 24.5. The summed E-state index contributed by atoms with van der Waals surface area (Å²) in [5, 5.41) is 0.657. The van der Waals surface area contributed by atoms with Crippen LogP contribution in [0.2, 0.25) is 0 Å². The van der Waals surface area contributed by atoms with Gasteiger partial charge in [0, 0.05) is 62.3 Å². The van der Waals surface area contributed by atoms with Crippen molar-refractivity contribution in [3.8, 4) is 0 Å². The SMILES string of the molecule is COC[C@@H]1CCCN1CCN1CCc2c(c3cc(F)ccc3n2Cc2ccc(C(=O)OC)cc2)C1=O. The molecule has 8 heteroatoms. The van der Waals surface area contributed by atoms with Gasteiger partial charge >= 0.3 is 5.97 Å². The van der Waals surface area contributed by atoms with Gasteiger partial charge < -0.3 is 18.9 Å². The van der Waals surface area contributed by atoms with E-state index in [2.05, 4.69) is 9.47 Å². The molecular formula is C28H32FN3O4. The van der Waals surface area contributed by atoms with Gasteiger partial charge in [0.15, 0.2) is 0 Å². The molecule has 5 rings (SSSR count). The summed E-state index contributed by atoms with van der Waals surface area (Å²) < 4.78 is 26.6. The van der Waals surface area contributed by atoms with Gasteiger partial charge in [-0.3, -0.25) is 9.69 Å². The molecule has 1 amide bonds. The normalized spacial score (nSPS) is 18.1. The molecular weight excluding hydrogens is 461 g/mol. The van der Waals surface area contributed by atoms with Crippen molar-refractivity contribution in [2.45, 2.75) is 31.8 Å². The quantitative estimate of drug-likeness (QED) is 0.448. The van der Waals surface area contributed by atoms with Crippen LogP contribution in [-0.2, 0) is 22.4 Å². The Bertz CT molecular complexity index is 1270. The number of rotatable bonds is 8. The molecule has 0 aliphatic carbocycles. The molecule has 3 heterocycles. The van der Waals surface area contributed by atoms with E-state index in [4.69, 9.17) is 9.47 Å². The molecule has 0 bridgehead atoms. The summed E-state index contributed by atoms with van der Waals surface area (Å²) in [7, 11) is 3.09. The Morgan fingerprint density at radius 2 is 1.89 bits per heavy atom. The number of amides is 1. The van der Waals surface area contributed by atoms with Crippen molar-refractivity contribution in [3.63, 3.8) is 0 Å². The molecule has 0 unspecified atom stereocenters. The average Bonchev–Trinajstić information content (AvgIpc) is 3.46. The Morgan fingerprint density at radius 1 is 1.08 bits per heavy atom. The number of ether oxygens (including phenoxy) is 2. The number of fused-ring (bicyclic) bond motifs is 3. The fourth-order valence-electron chi connectivity index (χ4n) is 5.64. The second-order valence-corrected chi connectivity index (χ2v) is 9.59. The van der Waals surface area contributed by atoms with E-state index in [1.807, 2.05) is 17.0 Å². The van der Waals surface area contributed by atoms with Gasteiger partial charge in [-0.1, -0.05) is 12.1 Å². The highest BCUT2D eigenvalue weighted by atomic mass is 19.1. The number of hydrogen-bond acceptors (Lipinski definition) is 5. The third-order valence-corrected chi connectivity index (χ3v) is 7.48. The molecule has 36 heavy (non-hydrogen) atoms. The zero-order chi connectivity index (χ0) is 25.2. The second kappa shape index (κ2) is 10.4. The number of benzene rings is 2. The molecule has 0 saturated carbocycles. The van der Waals surface area contributed by atoms with E-state index < -0.39 is 0 Å². The lowest BCUT2D eigenvalue weighted by Crippen LogP contribution is -2.44. The minimum absolute atomic E-state index is 0.0332. The predicted octanol–water partition coefficient (Wildman–Crippen LogP) is 3.72. The molecule has 2 aromatic carbocycles. The van der Waals surface area contributed by atoms with Gasteiger partial charge in [0.05, 0.1) is 24.8 Å². The standard InChI is InChI=1S/C28H32FN3O4/c1-35-18-22-4-3-12-30(22)14-15-31-13-11-25-26(27(31)33)23-16-21(29)9-10-24(23)32(25)17-19-5-7-20(8-6-19)28(34)36-2/h5-10,16,22H,3-4,11-15,17-18H2,1-2H3/t22-/m0/s1. The molecule has 1 fully saturated rings. The molecule has 1 atom stereocenters. The lowest BCUT2D eigenvalue weighted by Gasteiger charge is -2.31. The van der Waals surface area contributed by atoms with Gasteiger partial charge in [-0.2, -0.15) is 0 Å². The van der Waals surface area contributed by atoms with Crippen LogP contribution in [0.25, 0.3) is 10.9 Å². The maximum absolute atomic E-state index is 14.3. The first-order chi connectivity index (χ1) is 17.5. The Morgan fingerprint density at radius 3 is 2.64 bits per heavy atom. The van der Waals surface area contributed by atoms with E-state index in [9.17, 15) is 14.0 Å². The Kier molecular flexibility index (Phi) is 7.07. The summed E-state index contributed by atoms with van der Waals surface area (Å²) in [6, 6.07) is 12.3. The summed E-state index contributed by atoms with van der Waals surface area (Å²) in [4.78, 5) is 29.8. The van der Waals surface area contributed by atoms with Crippen molar-refractivity contribution >= 4 is 22.8 Å². The van der Waals surface area contributed by atoms with Crippen LogP contribution in [-0.4, -0.2) is 79.3 Å². The van der Waals surface area contributed by atoms with Crippen molar-refractivity contribution < 1.29 is 23.5 Å². The van der Waals surface area contributed by atoms with E-state index in [1.165, 1.54) is 19.2 Å². The van der Waals surface area contributed by atoms with Gasteiger partial charge in [0.2, 0.25) is 0 Å². The van der Waals surface area contributed by atoms with Crippen molar-refractivity contribution in [2.75, 3.05) is 47.0 Å². The zero-order valence-electron chi connectivity index (χ0n) is 20.8. The van der Waals surface area contributed by atoms with E-state index in [0.717, 1.165) is 42.7 Å². The van der Waals surface area contributed by atoms with Crippen LogP contribution in [0.5, 0.6) is 0 Å². The number of hydrogen-bond donors (Lipinski definition) is 0. The summed E-state index contributed by atoms with van der Waals surface area (Å²) in [5.41, 5.74) is 3.86. The minimum Gasteiger partial charge on any atom is -0.465 e. The van der Waals surface area contributed by atoms with Crippen LogP contribution in [0.4, 0.5) is 4.39 Å². The largest absolute Gasteiger partial charge is 0.465 e. The third-order valence-electron chi connectivity index (χ3n) is 7.48. The molecule has 0 spiro atoms. The van der Waals surface area contributed by atoms with Gasteiger partial charge in [-0.25, -0.2) is 9.18 Å². The highest BCUT2D eigenvalue weighted by Gasteiger charge is 2.32. The smallest absolute Gasteiger partial charge is 0.337 e. The first-order valence-electron chi connectivity index (χ1n) is 12.5. The summed E-state index contributed by atoms with van der Waals surface area (Å²) in [6.45, 7) is 4.36. The fourth-order valence-corrected chi connectivity index (χ4v) is 5.64. The van der Waals surface area contributed by atoms with Gasteiger partial charge in [-0.05, 0) is 55.3 Å². The van der Waals surface area contributed by atoms with Gasteiger partial charge in [-0.15, -0.1) is 0 Å². The van der Waals surface area contributed by atoms with Crippen LogP contribution in [0.1, 0.15) is 44.8 Å². The molecule has 0 radical (unpaired) electrons. The summed E-state index contributed by atoms with van der Waals surface area (Å²) >= 11 is 0. The zero-order valence-corrected chi connectivity index (χ0v) is 20.8. The van der Waals surface area contributed by atoms with E-state index in [-0.39, 0.29) is 17.7 Å². The molecule has 1 saturated heterocycles. The lowest BCUT2D eigenvalue weighted by molar-refractivity contribution is 0.0600. The molecule has 2 aliphatic rings. The van der Waals surface area contributed by atoms with E-state index in [0.29, 0.717) is 55.2 Å². The Labute approximate surface area is 210 Å². The molecule has 2 aliphatic heterocycles. The van der Waals surface area contributed by atoms with Crippen LogP contribution in [0.3, 0.4) is 0 Å². The van der Waals surface area contributed by atoms with Crippen LogP contribution >= 0.6 is 0 Å². The molecule has 3 aromatic rings. The van der Waals surface area contributed by atoms with Gasteiger partial charge in [0.25, 0.3) is 5.91 Å². The van der Waals surface area contributed by atoms with Crippen molar-refractivity contribution in [1.29, 1.82) is 0 Å². The maximum atomic E-state index is 14.3. The van der Waals surface area contributed by atoms with Crippen LogP contribution < -0.4 is 0 Å². The van der Waals surface area contributed by atoms with E-state index in [1.54, 1.807) is 25.3 Å². The number of likely N-dealkylation sites (tertiary alicyclic amines) is 1. The first-order valence-corrected chi connectivity index (χ1v) is 12.5. The Balaban J connectivity index is 1.41. The monoisotopic (exact) mass is 493 g/mol. The maximum Gasteiger partial charge on any atom is 0.337 e. The van der Waals surface area contributed by atoms with Crippen molar-refractivity contribution in [2.24, 2.45) is 0 Å². The molecule has 0 N–H and O–H groups in total. The second-order valence-electron chi connectivity index (χ2n) is 9.59. The molecule has 190 valence electrons. The molecule has 1 aromatic heterocycles. The third kappa shape index (κ3) is 4.63. The number of halogens is 1. The summed E-state index contributed by atoms with van der Waals surface area (Å²) in [5.74, 6) is -0.766. The number of carbonyl (C=O) groups excluding carboxylic acids is 2. The van der Waals surface area contributed by atoms with Gasteiger partial charge in [0.1, 0.15) is 5.82 Å². The highest BCUT2D eigenvalue weighted by molar-refractivity contribution is 6.09. The number of methoxy groups -OCH3 is 2. The van der Waals surface area contributed by atoms with Crippen LogP contribution in [0, 0.1) is 5.82 Å². The summed E-state index contributed by atoms with van der Waals surface area (Å²) in [6.07, 6.45) is 2.98. The van der Waals surface area contributed by atoms with Crippen molar-refractivity contribution in [3.05, 3.63) is 70.7 Å². The topological polar surface area (TPSA) is 64.0 Å². The highest BCUT2D eigenvalue weighted by Crippen LogP contribution is 2.32. The predicted molar refractivity (Wildman–Crippen MR) is 135 cm³/mol. The Hall–Kier alpha value is -3.23. The van der Waals surface area contributed by atoms with Crippen molar-refractivity contribution in [1.82, 2.24) is 14.4 Å². The number of nitrogens with zero attached hydrogens (tertiary/aromatic N) is 3. The number of esters is 1. The minimum atomic E-state index is -0.381. The number of aromatic nitrogens is 1. The average molecular weight is 494 g/mol. The number of carbonyl (C=O) groups is 2. The van der Waals surface area contributed by atoms with E-state index >= 15 is 0 Å². The molecule has 7 nitrogen and oxygen atoms in total.